The zero-order chi connectivity index (χ0) is 13.2. The minimum absolute atomic E-state index is 0. The van der Waals surface area contributed by atoms with Crippen LogP contribution < -0.4 is 0 Å². The van der Waals surface area contributed by atoms with Crippen molar-refractivity contribution in [3.8, 4) is 0 Å². The van der Waals surface area contributed by atoms with Gasteiger partial charge in [0.15, 0.2) is 16.6 Å². The van der Waals surface area contributed by atoms with Gasteiger partial charge in [-0.15, -0.1) is 0 Å². The van der Waals surface area contributed by atoms with Gasteiger partial charge < -0.3 is 12.3 Å². The zero-order valence-corrected chi connectivity index (χ0v) is 18.1. The molecule has 0 saturated carbocycles. The van der Waals surface area contributed by atoms with Crippen molar-refractivity contribution >= 4 is 34.5 Å². The number of hydrogen-bond acceptors (Lipinski definition) is 3. The fraction of sp³-hybridized carbons (Fsp3) is 1.00. The van der Waals surface area contributed by atoms with E-state index in [4.69, 9.17) is 12.3 Å². The average molecular weight is 347 g/mol. The molecule has 3 nitrogen and oxygen atoms in total. The predicted octanol–water partition coefficient (Wildman–Crippen LogP) is 3.52. The Balaban J connectivity index is 0. The van der Waals surface area contributed by atoms with Crippen LogP contribution in [0.4, 0.5) is 0 Å². The third kappa shape index (κ3) is 13.6. The maximum Gasteiger partial charge on any atom is 0.360 e. The van der Waals surface area contributed by atoms with Crippen molar-refractivity contribution in [1.29, 1.82) is 0 Å². The summed E-state index contributed by atoms with van der Waals surface area (Å²) in [4.78, 5) is 0. The Morgan fingerprint density at radius 1 is 0.706 bits per heavy atom. The summed E-state index contributed by atoms with van der Waals surface area (Å²) >= 11 is 0. The zero-order valence-electron chi connectivity index (χ0n) is 12.7. The van der Waals surface area contributed by atoms with Crippen LogP contribution in [0.1, 0.15) is 0 Å². The summed E-state index contributed by atoms with van der Waals surface area (Å²) in [6.07, 6.45) is 0. The van der Waals surface area contributed by atoms with Crippen LogP contribution >= 0.6 is 0 Å². The molecular weight excluding hydrogens is 319 g/mol. The van der Waals surface area contributed by atoms with E-state index in [1.807, 2.05) is 0 Å². The van der Waals surface area contributed by atoms with Crippen LogP contribution in [-0.4, -0.2) is 34.5 Å². The molecule has 0 atom stereocenters. The normalized spacial score (nSPS) is 13.8. The first-order chi connectivity index (χ1) is 6.81. The topological polar surface area (TPSA) is 27.7 Å². The van der Waals surface area contributed by atoms with Gasteiger partial charge in [0.25, 0.3) is 0 Å². The second-order valence-electron chi connectivity index (χ2n) is 6.42. The van der Waals surface area contributed by atoms with Gasteiger partial charge in [0.1, 0.15) is 0 Å². The van der Waals surface area contributed by atoms with Crippen LogP contribution in [0.5, 0.6) is 0 Å². The van der Waals surface area contributed by atoms with Crippen molar-refractivity contribution in [2.45, 2.75) is 58.9 Å². The molecule has 0 N–H and O–H groups in total. The predicted molar refractivity (Wildman–Crippen MR) is 79.0 cm³/mol. The summed E-state index contributed by atoms with van der Waals surface area (Å²) < 4.78 is 18.2. The molecule has 0 aliphatic carbocycles. The van der Waals surface area contributed by atoms with E-state index >= 15 is 0 Å². The molecule has 0 aromatic rings. The first-order valence-electron chi connectivity index (χ1n) is 5.72. The Kier molecular flexibility index (Phi) is 8.75. The smallest absolute Gasteiger partial charge is 0.360 e. The molecule has 0 aliphatic rings. The van der Waals surface area contributed by atoms with Crippen molar-refractivity contribution in [3.05, 3.63) is 0 Å². The summed E-state index contributed by atoms with van der Waals surface area (Å²) in [5.74, 6) is 0. The van der Waals surface area contributed by atoms with Gasteiger partial charge in [-0.1, -0.05) is 0 Å². The second-order valence-corrected chi connectivity index (χ2v) is 21.1. The first kappa shape index (κ1) is 20.6. The van der Waals surface area contributed by atoms with E-state index < -0.39 is 34.5 Å². The van der Waals surface area contributed by atoms with Crippen molar-refractivity contribution < 1.29 is 30.9 Å². The van der Waals surface area contributed by atoms with E-state index in [0.717, 1.165) is 0 Å². The third-order valence-electron chi connectivity index (χ3n) is 1.39. The van der Waals surface area contributed by atoms with Crippen LogP contribution in [0, 0.1) is 0 Å². The molecule has 0 amide bonds. The van der Waals surface area contributed by atoms with E-state index in [0.29, 0.717) is 0 Å². The summed E-state index contributed by atoms with van der Waals surface area (Å²) in [6.45, 7) is 19.5. The summed E-state index contributed by atoms with van der Waals surface area (Å²) in [5, 5.41) is 0. The molecule has 0 saturated heterocycles. The Hall–Kier alpha value is 1.33. The molecular formula is C9H27O3Si4V. The average Bonchev–Trinajstić information content (AvgIpc) is 1.70. The van der Waals surface area contributed by atoms with Gasteiger partial charge in [-0.05, 0) is 58.9 Å². The molecule has 0 aliphatic heterocycles. The van der Waals surface area contributed by atoms with Crippen molar-refractivity contribution in [3.63, 3.8) is 0 Å². The molecule has 0 spiro atoms. The quantitative estimate of drug-likeness (QED) is 0.689. The Morgan fingerprint density at radius 3 is 1.41 bits per heavy atom. The van der Waals surface area contributed by atoms with Gasteiger partial charge in [-0.2, -0.15) is 0 Å². The monoisotopic (exact) mass is 346 g/mol. The van der Waals surface area contributed by atoms with E-state index in [9.17, 15) is 0 Å². The van der Waals surface area contributed by atoms with Crippen LogP contribution in [0.3, 0.4) is 0 Å². The number of rotatable bonds is 6. The molecule has 0 bridgehead atoms. The molecule has 17 heavy (non-hydrogen) atoms. The van der Waals surface area contributed by atoms with Gasteiger partial charge in [0.2, 0.25) is 0 Å². The molecule has 0 unspecified atom stereocenters. The maximum atomic E-state index is 6.13. The second kappa shape index (κ2) is 7.20. The Bertz CT molecular complexity index is 225. The van der Waals surface area contributed by atoms with Crippen LogP contribution in [0.2, 0.25) is 58.9 Å². The summed E-state index contributed by atoms with van der Waals surface area (Å²) in [7, 11) is -6.14. The fourth-order valence-corrected chi connectivity index (χ4v) is 14.8. The van der Waals surface area contributed by atoms with Crippen molar-refractivity contribution in [2.75, 3.05) is 0 Å². The van der Waals surface area contributed by atoms with E-state index in [1.165, 1.54) is 0 Å². The van der Waals surface area contributed by atoms with Gasteiger partial charge in [-0.25, -0.2) is 0 Å². The van der Waals surface area contributed by atoms with Crippen LogP contribution in [-0.2, 0) is 30.9 Å². The van der Waals surface area contributed by atoms with Crippen molar-refractivity contribution in [1.82, 2.24) is 0 Å². The SMILES string of the molecule is C[Si](O[Si](C)(C)C)O[Si](C)(C)O[Si](C)(C)C.[V]. The van der Waals surface area contributed by atoms with Crippen molar-refractivity contribution in [2.24, 2.45) is 0 Å². The van der Waals surface area contributed by atoms with Gasteiger partial charge in [0.05, 0.1) is 0 Å². The standard InChI is InChI=1S/C9H27O3Si4.V/c1-13(10-14(2,3)4)11-16(8,9)12-15(5,6)7;/h1-9H3;. The molecule has 0 heterocycles. The molecule has 2 radical (unpaired) electrons. The van der Waals surface area contributed by atoms with Crippen LogP contribution in [0.15, 0.2) is 0 Å². The number of hydrogen-bond donors (Lipinski definition) is 0. The Labute approximate surface area is 124 Å². The molecule has 0 aromatic carbocycles. The molecule has 0 aromatic heterocycles. The largest absolute Gasteiger partial charge is 0.437 e. The van der Waals surface area contributed by atoms with E-state index in [2.05, 4.69) is 58.9 Å². The molecule has 0 fully saturated rings. The van der Waals surface area contributed by atoms with E-state index in [-0.39, 0.29) is 18.6 Å². The molecule has 102 valence electrons. The van der Waals surface area contributed by atoms with Crippen LogP contribution in [0.25, 0.3) is 0 Å². The first-order valence-corrected chi connectivity index (χ1v) is 17.2. The van der Waals surface area contributed by atoms with E-state index in [1.54, 1.807) is 0 Å². The minimum atomic E-state index is -2.00. The van der Waals surface area contributed by atoms with Gasteiger partial charge in [0, 0.05) is 18.6 Å². The summed E-state index contributed by atoms with van der Waals surface area (Å²) in [5.41, 5.74) is 0. The maximum absolute atomic E-state index is 6.13. The minimum Gasteiger partial charge on any atom is -0.437 e. The fourth-order valence-electron chi connectivity index (χ4n) is 1.56. The summed E-state index contributed by atoms with van der Waals surface area (Å²) in [6, 6.07) is 0. The van der Waals surface area contributed by atoms with Gasteiger partial charge in [-0.3, -0.25) is 0 Å². The molecule has 0 rings (SSSR count). The molecule has 8 heteroatoms. The Morgan fingerprint density at radius 2 is 1.12 bits per heavy atom. The van der Waals surface area contributed by atoms with Gasteiger partial charge >= 0.3 is 17.8 Å². The third-order valence-corrected chi connectivity index (χ3v) is 12.5.